The summed E-state index contributed by atoms with van der Waals surface area (Å²) in [6.07, 6.45) is 3.95. The molecule has 0 aliphatic carbocycles. The number of esters is 1. The number of nitrogens with one attached hydrogen (secondary N) is 1. The van der Waals surface area contributed by atoms with E-state index in [1.807, 2.05) is 12.1 Å². The van der Waals surface area contributed by atoms with E-state index in [0.717, 1.165) is 5.56 Å². The molecule has 2 aromatic carbocycles. The van der Waals surface area contributed by atoms with Gasteiger partial charge < -0.3 is 19.7 Å². The SMILES string of the molecule is CCOC(=O)c1ccc(N2C(=O)[C@@H](CC(=O)Nc3ccc(OC)cc3)N(CCc3ccncc3)C2=S)cc1. The molecule has 0 radical (unpaired) electrons. The Morgan fingerprint density at radius 2 is 1.71 bits per heavy atom. The Balaban J connectivity index is 1.54. The molecule has 1 aliphatic heterocycles. The minimum absolute atomic E-state index is 0.0846. The third-order valence-corrected chi connectivity index (χ3v) is 6.52. The van der Waals surface area contributed by atoms with E-state index in [9.17, 15) is 14.4 Å². The zero-order valence-corrected chi connectivity index (χ0v) is 21.9. The average molecular weight is 533 g/mol. The molecule has 1 saturated heterocycles. The van der Waals surface area contributed by atoms with Crippen LogP contribution in [0.3, 0.4) is 0 Å². The third-order valence-electron chi connectivity index (χ3n) is 6.10. The molecule has 1 N–H and O–H groups in total. The first-order valence-corrected chi connectivity index (χ1v) is 12.6. The fourth-order valence-corrected chi connectivity index (χ4v) is 4.56. The summed E-state index contributed by atoms with van der Waals surface area (Å²) in [5.41, 5.74) is 2.52. The number of aromatic nitrogens is 1. The lowest BCUT2D eigenvalue weighted by molar-refractivity contribution is -0.124. The number of benzene rings is 2. The van der Waals surface area contributed by atoms with Gasteiger partial charge in [0.2, 0.25) is 5.91 Å². The van der Waals surface area contributed by atoms with Gasteiger partial charge in [-0.1, -0.05) is 0 Å². The topological polar surface area (TPSA) is 101 Å². The Morgan fingerprint density at radius 3 is 2.34 bits per heavy atom. The molecule has 10 heteroatoms. The van der Waals surface area contributed by atoms with Crippen LogP contribution in [0.25, 0.3) is 0 Å². The second kappa shape index (κ2) is 12.3. The maximum Gasteiger partial charge on any atom is 0.338 e. The smallest absolute Gasteiger partial charge is 0.338 e. The van der Waals surface area contributed by atoms with Crippen molar-refractivity contribution in [3.8, 4) is 5.75 Å². The quantitative estimate of drug-likeness (QED) is 0.311. The highest BCUT2D eigenvalue weighted by Crippen LogP contribution is 2.28. The summed E-state index contributed by atoms with van der Waals surface area (Å²) in [5.74, 6) is -0.393. The molecule has 38 heavy (non-hydrogen) atoms. The van der Waals surface area contributed by atoms with Gasteiger partial charge in [0.05, 0.1) is 31.4 Å². The van der Waals surface area contributed by atoms with Crippen LogP contribution in [0.4, 0.5) is 11.4 Å². The normalized spacial score (nSPS) is 14.9. The van der Waals surface area contributed by atoms with Crippen LogP contribution in [-0.2, 0) is 20.7 Å². The molecule has 1 atom stereocenters. The maximum absolute atomic E-state index is 13.6. The van der Waals surface area contributed by atoms with Gasteiger partial charge in [0.15, 0.2) is 5.11 Å². The van der Waals surface area contributed by atoms with E-state index in [0.29, 0.717) is 40.8 Å². The van der Waals surface area contributed by atoms with E-state index in [4.69, 9.17) is 21.7 Å². The van der Waals surface area contributed by atoms with E-state index >= 15 is 0 Å². The second-order valence-electron chi connectivity index (χ2n) is 8.52. The number of ether oxygens (including phenoxy) is 2. The second-order valence-corrected chi connectivity index (χ2v) is 8.88. The lowest BCUT2D eigenvalue weighted by atomic mass is 10.1. The van der Waals surface area contributed by atoms with Crippen molar-refractivity contribution in [2.75, 3.05) is 30.5 Å². The highest BCUT2D eigenvalue weighted by Gasteiger charge is 2.44. The third kappa shape index (κ3) is 6.15. The number of hydrogen-bond acceptors (Lipinski definition) is 7. The van der Waals surface area contributed by atoms with E-state index in [1.165, 1.54) is 4.90 Å². The van der Waals surface area contributed by atoms with Crippen LogP contribution in [0.15, 0.2) is 73.1 Å². The van der Waals surface area contributed by atoms with Gasteiger partial charge in [-0.2, -0.15) is 0 Å². The first-order valence-electron chi connectivity index (χ1n) is 12.2. The van der Waals surface area contributed by atoms with Crippen molar-refractivity contribution in [3.63, 3.8) is 0 Å². The molecule has 4 rings (SSSR count). The van der Waals surface area contributed by atoms with Crippen molar-refractivity contribution in [1.29, 1.82) is 0 Å². The molecule has 0 saturated carbocycles. The minimum Gasteiger partial charge on any atom is -0.497 e. The molecule has 0 unspecified atom stereocenters. The fourth-order valence-electron chi connectivity index (χ4n) is 4.15. The average Bonchev–Trinajstić information content (AvgIpc) is 3.16. The van der Waals surface area contributed by atoms with Crippen LogP contribution in [0.1, 0.15) is 29.3 Å². The molecular formula is C28H28N4O5S. The summed E-state index contributed by atoms with van der Waals surface area (Å²) < 4.78 is 10.2. The summed E-state index contributed by atoms with van der Waals surface area (Å²) in [5, 5.41) is 3.14. The van der Waals surface area contributed by atoms with Crippen molar-refractivity contribution in [1.82, 2.24) is 9.88 Å². The number of amides is 2. The summed E-state index contributed by atoms with van der Waals surface area (Å²) in [4.78, 5) is 45.9. The van der Waals surface area contributed by atoms with E-state index in [-0.39, 0.29) is 24.8 Å². The van der Waals surface area contributed by atoms with Crippen LogP contribution < -0.4 is 15.0 Å². The number of hydrogen-bond donors (Lipinski definition) is 1. The minimum atomic E-state index is -0.785. The van der Waals surface area contributed by atoms with Gasteiger partial charge in [0.25, 0.3) is 5.91 Å². The predicted molar refractivity (Wildman–Crippen MR) is 147 cm³/mol. The molecule has 1 aliphatic rings. The molecule has 1 aromatic heterocycles. The van der Waals surface area contributed by atoms with Crippen LogP contribution in [0.5, 0.6) is 5.75 Å². The highest BCUT2D eigenvalue weighted by atomic mass is 32.1. The Kier molecular flexibility index (Phi) is 8.65. The molecule has 0 bridgehead atoms. The lowest BCUT2D eigenvalue weighted by Gasteiger charge is -2.24. The first-order chi connectivity index (χ1) is 18.4. The van der Waals surface area contributed by atoms with Crippen LogP contribution in [0, 0.1) is 0 Å². The molecule has 3 aromatic rings. The van der Waals surface area contributed by atoms with Gasteiger partial charge >= 0.3 is 5.97 Å². The van der Waals surface area contributed by atoms with Crippen molar-refractivity contribution in [2.45, 2.75) is 25.8 Å². The van der Waals surface area contributed by atoms with Crippen molar-refractivity contribution in [3.05, 3.63) is 84.2 Å². The van der Waals surface area contributed by atoms with Crippen LogP contribution >= 0.6 is 12.2 Å². The standard InChI is InChI=1S/C28H28N4O5S/c1-3-37-27(35)20-4-8-22(9-5-20)32-26(34)24(18-25(33)30-21-6-10-23(36-2)11-7-21)31(28(32)38)17-14-19-12-15-29-16-13-19/h4-13,15-16,24H,3,14,17-18H2,1-2H3,(H,30,33)/t24-/m1/s1. The van der Waals surface area contributed by atoms with Gasteiger partial charge in [0.1, 0.15) is 11.8 Å². The summed E-state index contributed by atoms with van der Waals surface area (Å²) in [7, 11) is 1.57. The van der Waals surface area contributed by atoms with Gasteiger partial charge in [0, 0.05) is 24.6 Å². The number of carbonyl (C=O) groups excluding carboxylic acids is 3. The van der Waals surface area contributed by atoms with Crippen molar-refractivity contribution in [2.24, 2.45) is 0 Å². The number of nitrogens with zero attached hydrogens (tertiary/aromatic N) is 3. The van der Waals surface area contributed by atoms with Gasteiger partial charge in [-0.15, -0.1) is 0 Å². The number of methoxy groups -OCH3 is 1. The molecule has 196 valence electrons. The zero-order valence-electron chi connectivity index (χ0n) is 21.1. The fraction of sp³-hybridized carbons (Fsp3) is 0.250. The molecular weight excluding hydrogens is 504 g/mol. The predicted octanol–water partition coefficient (Wildman–Crippen LogP) is 3.84. The summed E-state index contributed by atoms with van der Waals surface area (Å²) in [6, 6.07) is 16.5. The number of pyridine rings is 1. The van der Waals surface area contributed by atoms with E-state index in [1.54, 1.807) is 79.9 Å². The molecule has 9 nitrogen and oxygen atoms in total. The Morgan fingerprint density at radius 1 is 1.03 bits per heavy atom. The van der Waals surface area contributed by atoms with E-state index in [2.05, 4.69) is 10.3 Å². The molecule has 0 spiro atoms. The number of thiocarbonyl (C=S) groups is 1. The number of carbonyl (C=O) groups is 3. The highest BCUT2D eigenvalue weighted by molar-refractivity contribution is 7.80. The van der Waals surface area contributed by atoms with Crippen molar-refractivity contribution >= 4 is 46.5 Å². The van der Waals surface area contributed by atoms with Gasteiger partial charge in [-0.05, 0) is 91.8 Å². The lowest BCUT2D eigenvalue weighted by Crippen LogP contribution is -2.39. The Labute approximate surface area is 226 Å². The largest absolute Gasteiger partial charge is 0.497 e. The van der Waals surface area contributed by atoms with Gasteiger partial charge in [-0.3, -0.25) is 19.5 Å². The summed E-state index contributed by atoms with van der Waals surface area (Å²) >= 11 is 5.73. The zero-order chi connectivity index (χ0) is 27.1. The molecule has 1 fully saturated rings. The van der Waals surface area contributed by atoms with Crippen LogP contribution in [-0.4, -0.2) is 59.1 Å². The molecule has 2 heterocycles. The number of rotatable bonds is 10. The monoisotopic (exact) mass is 532 g/mol. The maximum atomic E-state index is 13.6. The van der Waals surface area contributed by atoms with E-state index < -0.39 is 12.0 Å². The summed E-state index contributed by atoms with van der Waals surface area (Å²) in [6.45, 7) is 2.44. The first kappa shape index (κ1) is 26.7. The Bertz CT molecular complexity index is 1300. The van der Waals surface area contributed by atoms with Crippen molar-refractivity contribution < 1.29 is 23.9 Å². The van der Waals surface area contributed by atoms with Gasteiger partial charge in [-0.25, -0.2) is 4.79 Å². The van der Waals surface area contributed by atoms with Crippen LogP contribution in [0.2, 0.25) is 0 Å². The molecule has 2 amide bonds. The Hall–Kier alpha value is -4.31. The number of anilines is 2.